The molecule has 12 heteroatoms. The topological polar surface area (TPSA) is 101 Å². The van der Waals surface area contributed by atoms with E-state index in [-0.39, 0.29) is 40.6 Å². The number of benzene rings is 1. The summed E-state index contributed by atoms with van der Waals surface area (Å²) in [7, 11) is 0. The van der Waals surface area contributed by atoms with E-state index in [0.717, 1.165) is 27.3 Å². The molecule has 2 atom stereocenters. The molecular weight excluding hydrogens is 638 g/mol. The molecule has 0 radical (unpaired) electrons. The van der Waals surface area contributed by atoms with E-state index in [2.05, 4.69) is 4.98 Å². The number of fused-ring (bicyclic) bond motifs is 1. The second-order valence-corrected chi connectivity index (χ2v) is 14.4. The van der Waals surface area contributed by atoms with E-state index < -0.39 is 11.4 Å². The Labute approximate surface area is 279 Å². The molecule has 4 aromatic heterocycles. The standard InChI is InChI=1S/C35H36FN5O4S2/c1-2-38-13-9-26-31(38)37-22-41(33(26)43)21-35(45)11-15-39(16-12-35)32(42)25-8-14-40(19-27(25)23-6-4-3-5-7-23)34(44)30-28(36)18-29(47-30)24-10-17-46-20-24/h3-7,9-10,13,17-18,20,22,25,27,45H,2,8,11-12,14-16,19,21H2,1H3/t25-,27+/m1/s1. The predicted octanol–water partition coefficient (Wildman–Crippen LogP) is 5.45. The number of aromatic nitrogens is 3. The van der Waals surface area contributed by atoms with E-state index in [0.29, 0.717) is 63.0 Å². The van der Waals surface area contributed by atoms with Gasteiger partial charge in [-0.05, 0) is 60.7 Å². The zero-order valence-corrected chi connectivity index (χ0v) is 27.7. The fraction of sp³-hybridized carbons (Fsp3) is 0.371. The molecule has 0 unspecified atom stereocenters. The second-order valence-electron chi connectivity index (χ2n) is 12.5. The quantitative estimate of drug-likeness (QED) is 0.248. The summed E-state index contributed by atoms with van der Waals surface area (Å²) in [5.41, 5.74) is 1.15. The molecule has 7 rings (SSSR count). The molecule has 0 spiro atoms. The molecule has 9 nitrogen and oxygen atoms in total. The summed E-state index contributed by atoms with van der Waals surface area (Å²) in [4.78, 5) is 49.6. The molecular formula is C35H36FN5O4S2. The van der Waals surface area contributed by atoms with Gasteiger partial charge in [0.15, 0.2) is 0 Å². The Morgan fingerprint density at radius 2 is 1.85 bits per heavy atom. The Balaban J connectivity index is 1.05. The van der Waals surface area contributed by atoms with Crippen LogP contribution in [0.4, 0.5) is 4.39 Å². The predicted molar refractivity (Wildman–Crippen MR) is 181 cm³/mol. The third-order valence-electron chi connectivity index (χ3n) is 9.69. The lowest BCUT2D eigenvalue weighted by atomic mass is 9.79. The van der Waals surface area contributed by atoms with Crippen molar-refractivity contribution in [1.29, 1.82) is 0 Å². The molecule has 47 heavy (non-hydrogen) atoms. The Morgan fingerprint density at radius 1 is 1.06 bits per heavy atom. The number of carbonyl (C=O) groups excluding carboxylic acids is 2. The molecule has 2 amide bonds. The van der Waals surface area contributed by atoms with Gasteiger partial charge in [-0.2, -0.15) is 11.3 Å². The van der Waals surface area contributed by atoms with Gasteiger partial charge in [0.2, 0.25) is 5.91 Å². The van der Waals surface area contributed by atoms with Crippen LogP contribution in [-0.2, 0) is 17.9 Å². The van der Waals surface area contributed by atoms with Crippen LogP contribution < -0.4 is 5.56 Å². The molecule has 0 bridgehead atoms. The van der Waals surface area contributed by atoms with Gasteiger partial charge in [-0.3, -0.25) is 19.0 Å². The number of amides is 2. The number of thiophene rings is 2. The van der Waals surface area contributed by atoms with E-state index in [1.807, 2.05) is 69.7 Å². The number of hydrogen-bond donors (Lipinski definition) is 1. The van der Waals surface area contributed by atoms with Crippen LogP contribution in [-0.4, -0.2) is 72.6 Å². The van der Waals surface area contributed by atoms with Crippen LogP contribution in [0.2, 0.25) is 0 Å². The molecule has 2 aliphatic rings. The molecule has 1 N–H and O–H groups in total. The molecule has 2 fully saturated rings. The minimum Gasteiger partial charge on any atom is -0.388 e. The van der Waals surface area contributed by atoms with Gasteiger partial charge in [0.05, 0.1) is 17.5 Å². The van der Waals surface area contributed by atoms with Crippen molar-refractivity contribution in [3.8, 4) is 10.4 Å². The largest absolute Gasteiger partial charge is 0.388 e. The molecule has 0 aliphatic carbocycles. The van der Waals surface area contributed by atoms with E-state index in [1.165, 1.54) is 28.3 Å². The number of hydrogen-bond acceptors (Lipinski definition) is 7. The normalized spacial score (nSPS) is 19.7. The maximum atomic E-state index is 15.0. The first-order valence-corrected chi connectivity index (χ1v) is 17.7. The molecule has 0 saturated carbocycles. The van der Waals surface area contributed by atoms with E-state index in [9.17, 15) is 19.5 Å². The van der Waals surface area contributed by atoms with Gasteiger partial charge in [-0.1, -0.05) is 30.3 Å². The molecule has 2 saturated heterocycles. The molecule has 2 aliphatic heterocycles. The molecule has 1 aromatic carbocycles. The highest BCUT2D eigenvalue weighted by molar-refractivity contribution is 7.17. The van der Waals surface area contributed by atoms with E-state index in [1.54, 1.807) is 11.0 Å². The SMILES string of the molecule is CCn1ccc2c(=O)n(CC3(O)CCN(C(=O)[C@@H]4CCN(C(=O)c5sc(-c6ccsc6)cc5F)C[C@H]4c4ccccc4)CC3)cnc21. The Kier molecular flexibility index (Phi) is 8.58. The van der Waals surface area contributed by atoms with Crippen molar-refractivity contribution in [2.24, 2.45) is 5.92 Å². The van der Waals surface area contributed by atoms with Gasteiger partial charge in [-0.15, -0.1) is 11.3 Å². The molecule has 5 aromatic rings. The van der Waals surface area contributed by atoms with Crippen molar-refractivity contribution in [2.45, 2.75) is 50.8 Å². The average molecular weight is 674 g/mol. The van der Waals surface area contributed by atoms with Crippen molar-refractivity contribution in [3.63, 3.8) is 0 Å². The number of likely N-dealkylation sites (tertiary alicyclic amines) is 2. The lowest BCUT2D eigenvalue weighted by Crippen LogP contribution is -2.53. The minimum atomic E-state index is -1.15. The van der Waals surface area contributed by atoms with Gasteiger partial charge in [0, 0.05) is 61.2 Å². The molecule has 6 heterocycles. The number of halogens is 1. The fourth-order valence-corrected chi connectivity index (χ4v) is 8.73. The zero-order chi connectivity index (χ0) is 32.7. The summed E-state index contributed by atoms with van der Waals surface area (Å²) in [6, 6.07) is 14.8. The number of rotatable bonds is 7. The first kappa shape index (κ1) is 31.5. The summed E-state index contributed by atoms with van der Waals surface area (Å²) in [5.74, 6) is -1.49. The Bertz CT molecular complexity index is 1960. The summed E-state index contributed by atoms with van der Waals surface area (Å²) in [6.45, 7) is 4.17. The summed E-state index contributed by atoms with van der Waals surface area (Å²) in [6.07, 6.45) is 4.45. The number of nitrogens with zero attached hydrogens (tertiary/aromatic N) is 5. The zero-order valence-electron chi connectivity index (χ0n) is 26.0. The van der Waals surface area contributed by atoms with Crippen LogP contribution in [0.3, 0.4) is 0 Å². The van der Waals surface area contributed by atoms with Crippen LogP contribution in [0.1, 0.15) is 47.3 Å². The van der Waals surface area contributed by atoms with Gasteiger partial charge >= 0.3 is 0 Å². The summed E-state index contributed by atoms with van der Waals surface area (Å²) < 4.78 is 18.4. The van der Waals surface area contributed by atoms with Gasteiger partial charge in [0.25, 0.3) is 11.5 Å². The van der Waals surface area contributed by atoms with Crippen molar-refractivity contribution in [2.75, 3.05) is 26.2 Å². The maximum Gasteiger partial charge on any atom is 0.266 e. The first-order chi connectivity index (χ1) is 22.7. The minimum absolute atomic E-state index is 0.00351. The van der Waals surface area contributed by atoms with Crippen LogP contribution in [0.15, 0.2) is 76.6 Å². The Hall–Kier alpha value is -4.13. The number of carbonyl (C=O) groups is 2. The van der Waals surface area contributed by atoms with E-state index in [4.69, 9.17) is 0 Å². The van der Waals surface area contributed by atoms with Gasteiger partial charge in [-0.25, -0.2) is 9.37 Å². The van der Waals surface area contributed by atoms with Crippen molar-refractivity contribution < 1.29 is 19.1 Å². The maximum absolute atomic E-state index is 15.0. The number of piperidine rings is 2. The molecule has 244 valence electrons. The van der Waals surface area contributed by atoms with E-state index >= 15 is 4.39 Å². The van der Waals surface area contributed by atoms with Crippen molar-refractivity contribution in [3.05, 3.63) is 98.4 Å². The average Bonchev–Trinajstić information content (AvgIpc) is 3.86. The fourth-order valence-electron chi connectivity index (χ4n) is 7.00. The number of aryl methyl sites for hydroxylation is 1. The monoisotopic (exact) mass is 673 g/mol. The highest BCUT2D eigenvalue weighted by Crippen LogP contribution is 2.38. The third-order valence-corrected chi connectivity index (χ3v) is 11.5. The van der Waals surface area contributed by atoms with Crippen molar-refractivity contribution in [1.82, 2.24) is 23.9 Å². The van der Waals surface area contributed by atoms with Crippen LogP contribution >= 0.6 is 22.7 Å². The summed E-state index contributed by atoms with van der Waals surface area (Å²) in [5, 5.41) is 15.9. The smallest absolute Gasteiger partial charge is 0.266 e. The van der Waals surface area contributed by atoms with Gasteiger partial charge in [0.1, 0.15) is 22.7 Å². The lowest BCUT2D eigenvalue weighted by Gasteiger charge is -2.43. The highest BCUT2D eigenvalue weighted by atomic mass is 32.1. The van der Waals surface area contributed by atoms with Crippen molar-refractivity contribution >= 4 is 45.5 Å². The lowest BCUT2D eigenvalue weighted by molar-refractivity contribution is -0.142. The second kappa shape index (κ2) is 12.8. The first-order valence-electron chi connectivity index (χ1n) is 16.0. The van der Waals surface area contributed by atoms with Gasteiger partial charge < -0.3 is 19.5 Å². The van der Waals surface area contributed by atoms with Crippen LogP contribution in [0.5, 0.6) is 0 Å². The van der Waals surface area contributed by atoms with Crippen LogP contribution in [0.25, 0.3) is 21.5 Å². The third kappa shape index (κ3) is 6.05. The van der Waals surface area contributed by atoms with Crippen LogP contribution in [0, 0.1) is 11.7 Å². The number of aliphatic hydroxyl groups is 1. The Morgan fingerprint density at radius 3 is 2.57 bits per heavy atom. The summed E-state index contributed by atoms with van der Waals surface area (Å²) >= 11 is 2.69. The highest BCUT2D eigenvalue weighted by Gasteiger charge is 2.42.